The van der Waals surface area contributed by atoms with Gasteiger partial charge in [0.05, 0.1) is 17.5 Å². The smallest absolute Gasteiger partial charge is 0.322 e. The van der Waals surface area contributed by atoms with Gasteiger partial charge >= 0.3 is 6.18 Å². The van der Waals surface area contributed by atoms with E-state index in [-0.39, 0.29) is 11.5 Å². The number of rotatable bonds is 5. The first-order valence-corrected chi connectivity index (χ1v) is 11.3. The maximum Gasteiger partial charge on any atom is 0.416 e. The Bertz CT molecular complexity index is 1660. The number of pyridine rings is 1. The van der Waals surface area contributed by atoms with Gasteiger partial charge < -0.3 is 10.6 Å². The predicted octanol–water partition coefficient (Wildman–Crippen LogP) is 5.69. The molecule has 0 aliphatic carbocycles. The van der Waals surface area contributed by atoms with Crippen LogP contribution in [0.3, 0.4) is 0 Å². The van der Waals surface area contributed by atoms with Gasteiger partial charge in [0.15, 0.2) is 5.65 Å². The Morgan fingerprint density at radius 2 is 1.68 bits per heavy atom. The minimum atomic E-state index is -4.55. The predicted molar refractivity (Wildman–Crippen MR) is 135 cm³/mol. The molecule has 38 heavy (non-hydrogen) atoms. The van der Waals surface area contributed by atoms with Gasteiger partial charge in [0.1, 0.15) is 5.82 Å². The van der Waals surface area contributed by atoms with Crippen LogP contribution in [0.5, 0.6) is 0 Å². The van der Waals surface area contributed by atoms with Crippen molar-refractivity contribution in [1.82, 2.24) is 19.6 Å². The van der Waals surface area contributed by atoms with Crippen molar-refractivity contribution in [1.29, 1.82) is 0 Å². The summed E-state index contributed by atoms with van der Waals surface area (Å²) in [5.41, 5.74) is 2.82. The Balaban J connectivity index is 1.43. The average molecular weight is 516 g/mol. The number of nitrogens with one attached hydrogen (secondary N) is 2. The molecule has 0 atom stereocenters. The summed E-state index contributed by atoms with van der Waals surface area (Å²) in [5, 5.41) is 9.75. The van der Waals surface area contributed by atoms with Crippen LogP contribution in [0.1, 0.15) is 22.8 Å². The lowest BCUT2D eigenvalue weighted by molar-refractivity contribution is -0.137. The molecule has 5 aromatic rings. The van der Waals surface area contributed by atoms with Gasteiger partial charge in [-0.3, -0.25) is 9.59 Å². The molecule has 0 fully saturated rings. The van der Waals surface area contributed by atoms with Crippen LogP contribution < -0.4 is 10.6 Å². The van der Waals surface area contributed by atoms with E-state index in [1.165, 1.54) is 19.1 Å². The van der Waals surface area contributed by atoms with Gasteiger partial charge in [0, 0.05) is 47.3 Å². The molecule has 0 aliphatic heterocycles. The summed E-state index contributed by atoms with van der Waals surface area (Å²) in [6.07, 6.45) is 0.346. The van der Waals surface area contributed by atoms with E-state index in [2.05, 4.69) is 25.7 Å². The van der Waals surface area contributed by atoms with Gasteiger partial charge in [-0.1, -0.05) is 18.2 Å². The number of aromatic nitrogens is 4. The number of fused-ring (bicyclic) bond motifs is 1. The maximum atomic E-state index is 13.0. The van der Waals surface area contributed by atoms with Crippen molar-refractivity contribution in [2.24, 2.45) is 0 Å². The molecule has 2 N–H and O–H groups in total. The number of benzene rings is 2. The number of carbonyl (C=O) groups excluding carboxylic acids is 2. The highest BCUT2D eigenvalue weighted by Crippen LogP contribution is 2.31. The van der Waals surface area contributed by atoms with Crippen molar-refractivity contribution >= 4 is 29.0 Å². The maximum absolute atomic E-state index is 13.0. The number of anilines is 2. The van der Waals surface area contributed by atoms with Crippen LogP contribution in [-0.2, 0) is 11.0 Å². The molecule has 3 heterocycles. The highest BCUT2D eigenvalue weighted by atomic mass is 19.4. The Hall–Kier alpha value is -5.06. The fourth-order valence-electron chi connectivity index (χ4n) is 3.92. The average Bonchev–Trinajstić information content (AvgIpc) is 3.33. The quantitative estimate of drug-likeness (QED) is 0.313. The van der Waals surface area contributed by atoms with Crippen molar-refractivity contribution in [3.8, 4) is 22.4 Å². The standard InChI is InChI=1S/C27H19F3N6O2/c1-16(37)34-24-9-8-19(14-32-24)22-15-33-36-23(10-11-31-25(22)36)17-4-3-7-21(13-17)35-26(38)18-5-2-6-20(12-18)27(28,29)30/h2-15H,1H3,(H,35,38)(H,32,34,37). The molecule has 2 aromatic carbocycles. The van der Waals surface area contributed by atoms with E-state index >= 15 is 0 Å². The summed E-state index contributed by atoms with van der Waals surface area (Å²) in [5.74, 6) is -0.458. The second-order valence-corrected chi connectivity index (χ2v) is 8.35. The van der Waals surface area contributed by atoms with Gasteiger partial charge in [-0.15, -0.1) is 0 Å². The van der Waals surface area contributed by atoms with Crippen LogP contribution >= 0.6 is 0 Å². The first-order chi connectivity index (χ1) is 18.2. The van der Waals surface area contributed by atoms with Crippen molar-refractivity contribution in [2.75, 3.05) is 10.6 Å². The van der Waals surface area contributed by atoms with Crippen molar-refractivity contribution < 1.29 is 22.8 Å². The molecule has 0 aliphatic rings. The lowest BCUT2D eigenvalue weighted by Crippen LogP contribution is -2.14. The van der Waals surface area contributed by atoms with E-state index in [4.69, 9.17) is 0 Å². The number of nitrogens with zero attached hydrogens (tertiary/aromatic N) is 4. The zero-order chi connectivity index (χ0) is 26.9. The molecule has 190 valence electrons. The summed E-state index contributed by atoms with van der Waals surface area (Å²) in [6.45, 7) is 1.40. The van der Waals surface area contributed by atoms with Gasteiger partial charge in [0.2, 0.25) is 5.91 Å². The minimum absolute atomic E-state index is 0.105. The molecule has 0 spiro atoms. The highest BCUT2D eigenvalue weighted by Gasteiger charge is 2.30. The van der Waals surface area contributed by atoms with E-state index in [1.807, 2.05) is 6.07 Å². The van der Waals surface area contributed by atoms with Crippen LogP contribution in [-0.4, -0.2) is 31.4 Å². The Morgan fingerprint density at radius 1 is 0.868 bits per heavy atom. The molecule has 2 amide bonds. The third kappa shape index (κ3) is 5.07. The molecule has 8 nitrogen and oxygen atoms in total. The Kier molecular flexibility index (Phi) is 6.33. The topological polar surface area (TPSA) is 101 Å². The largest absolute Gasteiger partial charge is 0.416 e. The van der Waals surface area contributed by atoms with Crippen LogP contribution in [0, 0.1) is 0 Å². The Morgan fingerprint density at radius 3 is 2.42 bits per heavy atom. The normalized spacial score (nSPS) is 11.4. The second-order valence-electron chi connectivity index (χ2n) is 8.35. The molecule has 0 saturated heterocycles. The van der Waals surface area contributed by atoms with Crippen LogP contribution in [0.25, 0.3) is 28.0 Å². The monoisotopic (exact) mass is 516 g/mol. The van der Waals surface area contributed by atoms with E-state index < -0.39 is 17.6 Å². The first kappa shape index (κ1) is 24.6. The van der Waals surface area contributed by atoms with E-state index in [9.17, 15) is 22.8 Å². The Labute approximate surface area is 214 Å². The summed E-state index contributed by atoms with van der Waals surface area (Å²) >= 11 is 0. The third-order valence-corrected chi connectivity index (χ3v) is 5.65. The zero-order valence-corrected chi connectivity index (χ0v) is 19.8. The molecule has 0 radical (unpaired) electrons. The number of halogens is 3. The summed E-state index contributed by atoms with van der Waals surface area (Å²) in [7, 11) is 0. The highest BCUT2D eigenvalue weighted by molar-refractivity contribution is 6.04. The second kappa shape index (κ2) is 9.77. The fourth-order valence-corrected chi connectivity index (χ4v) is 3.92. The SMILES string of the molecule is CC(=O)Nc1ccc(-c2cnn3c(-c4cccc(NC(=O)c5cccc(C(F)(F)F)c5)c4)ccnc23)cn1. The van der Waals surface area contributed by atoms with Gasteiger partial charge in [-0.25, -0.2) is 14.5 Å². The van der Waals surface area contributed by atoms with Gasteiger partial charge in [0.25, 0.3) is 5.91 Å². The first-order valence-electron chi connectivity index (χ1n) is 11.3. The van der Waals surface area contributed by atoms with Gasteiger partial charge in [-0.2, -0.15) is 18.3 Å². The summed E-state index contributed by atoms with van der Waals surface area (Å²) in [4.78, 5) is 32.6. The zero-order valence-electron chi connectivity index (χ0n) is 19.8. The third-order valence-electron chi connectivity index (χ3n) is 5.65. The summed E-state index contributed by atoms with van der Waals surface area (Å²) < 4.78 is 40.8. The molecule has 5 rings (SSSR count). The fraction of sp³-hybridized carbons (Fsp3) is 0.0741. The van der Waals surface area contributed by atoms with Crippen molar-refractivity contribution in [2.45, 2.75) is 13.1 Å². The number of hydrogen-bond acceptors (Lipinski definition) is 5. The molecule has 11 heteroatoms. The van der Waals surface area contributed by atoms with Gasteiger partial charge in [-0.05, 0) is 48.5 Å². The van der Waals surface area contributed by atoms with Crippen LogP contribution in [0.4, 0.5) is 24.7 Å². The number of amides is 2. The lowest BCUT2D eigenvalue weighted by Gasteiger charge is -2.11. The minimum Gasteiger partial charge on any atom is -0.322 e. The lowest BCUT2D eigenvalue weighted by atomic mass is 10.1. The number of carbonyl (C=O) groups is 2. The molecule has 0 bridgehead atoms. The number of alkyl halides is 3. The molecule has 3 aromatic heterocycles. The van der Waals surface area contributed by atoms with Crippen LogP contribution in [0.15, 0.2) is 85.3 Å². The molecule has 0 saturated carbocycles. The van der Waals surface area contributed by atoms with E-state index in [0.29, 0.717) is 28.4 Å². The van der Waals surface area contributed by atoms with Crippen molar-refractivity contribution in [3.05, 3.63) is 96.4 Å². The number of hydrogen-bond donors (Lipinski definition) is 2. The van der Waals surface area contributed by atoms with Crippen molar-refractivity contribution in [3.63, 3.8) is 0 Å². The molecule has 0 unspecified atom stereocenters. The molecular formula is C27H19F3N6O2. The van der Waals surface area contributed by atoms with Crippen LogP contribution in [0.2, 0.25) is 0 Å². The van der Waals surface area contributed by atoms with E-state index in [0.717, 1.165) is 23.3 Å². The molecular weight excluding hydrogens is 497 g/mol. The van der Waals surface area contributed by atoms with E-state index in [1.54, 1.807) is 59.5 Å². The summed E-state index contributed by atoms with van der Waals surface area (Å²) in [6, 6.07) is 16.4.